The van der Waals surface area contributed by atoms with E-state index in [1.54, 1.807) is 35.8 Å². The van der Waals surface area contributed by atoms with Crippen molar-refractivity contribution in [2.24, 2.45) is 0 Å². The van der Waals surface area contributed by atoms with Gasteiger partial charge in [-0.1, -0.05) is 13.8 Å². The first-order chi connectivity index (χ1) is 19.6. The maximum absolute atomic E-state index is 13.3. The van der Waals surface area contributed by atoms with Crippen LogP contribution in [0.2, 0.25) is 0 Å². The molecule has 3 aromatic rings. The summed E-state index contributed by atoms with van der Waals surface area (Å²) < 4.78 is 11.7. The molecule has 1 saturated heterocycles. The van der Waals surface area contributed by atoms with Gasteiger partial charge in [0.15, 0.2) is 5.60 Å². The van der Waals surface area contributed by atoms with Crippen molar-refractivity contribution in [2.75, 3.05) is 33.2 Å². The van der Waals surface area contributed by atoms with Crippen LogP contribution in [0.5, 0.6) is 5.75 Å². The van der Waals surface area contributed by atoms with Crippen molar-refractivity contribution in [2.45, 2.75) is 65.3 Å². The normalized spacial score (nSPS) is 20.1. The molecule has 2 aromatic heterocycles. The van der Waals surface area contributed by atoms with E-state index in [1.807, 2.05) is 6.92 Å². The maximum atomic E-state index is 13.3. The Morgan fingerprint density at radius 2 is 1.85 bits per heavy atom. The van der Waals surface area contributed by atoms with E-state index in [2.05, 4.69) is 30.7 Å². The smallest absolute Gasteiger partial charge is 0.343 e. The molecule has 0 spiro atoms. The molecule has 3 aliphatic rings. The summed E-state index contributed by atoms with van der Waals surface area (Å²) in [5.74, 6) is -0.320. The van der Waals surface area contributed by atoms with E-state index in [1.165, 1.54) is 26.2 Å². The zero-order chi connectivity index (χ0) is 29.5. The third-order valence-electron chi connectivity index (χ3n) is 8.58. The van der Waals surface area contributed by atoms with Gasteiger partial charge in [0, 0.05) is 48.7 Å². The Morgan fingerprint density at radius 3 is 2.49 bits per heavy atom. The Labute approximate surface area is 239 Å². The van der Waals surface area contributed by atoms with E-state index in [0.29, 0.717) is 53.2 Å². The molecule has 0 amide bonds. The molecule has 1 unspecified atom stereocenters. The van der Waals surface area contributed by atoms with Crippen LogP contribution in [0, 0.1) is 0 Å². The van der Waals surface area contributed by atoms with Crippen LogP contribution in [-0.2, 0) is 39.5 Å². The highest BCUT2D eigenvalue weighted by atomic mass is 16.6. The second-order valence-corrected chi connectivity index (χ2v) is 11.2. The number of cyclic esters (lactones) is 1. The summed E-state index contributed by atoms with van der Waals surface area (Å²) in [5, 5.41) is 11.8. The van der Waals surface area contributed by atoms with Crippen molar-refractivity contribution in [3.8, 4) is 17.1 Å². The minimum absolute atomic E-state index is 0.0967. The Kier molecular flexibility index (Phi) is 8.00. The standard InChI is InChI=1S/C23H20N2O6.C8H18N2/c1-3-13-14-7-12(31-11-26)5-6-18(14)24-20-15(13)9-25-19(20)8-17-16(21(25)27)10-30-22(28)23(17,29)4-2;1-8(2)10-6-4-9(3)5-7-10/h5-8,11,29H,3-4,9-10H2,1-2H3;8H,4-7H2,1-3H3. The Balaban J connectivity index is 0.000000287. The van der Waals surface area contributed by atoms with Crippen LogP contribution < -0.4 is 10.3 Å². The average molecular weight is 563 g/mol. The van der Waals surface area contributed by atoms with Gasteiger partial charge in [0.05, 0.1) is 29.0 Å². The van der Waals surface area contributed by atoms with Crippen molar-refractivity contribution < 1.29 is 24.2 Å². The number of benzene rings is 1. The van der Waals surface area contributed by atoms with Gasteiger partial charge in [0.25, 0.3) is 12.0 Å². The van der Waals surface area contributed by atoms with Gasteiger partial charge in [-0.3, -0.25) is 14.5 Å². The summed E-state index contributed by atoms with van der Waals surface area (Å²) in [4.78, 5) is 46.0. The highest BCUT2D eigenvalue weighted by molar-refractivity contribution is 5.90. The molecule has 1 atom stereocenters. The Hall–Kier alpha value is -3.60. The lowest BCUT2D eigenvalue weighted by molar-refractivity contribution is -0.172. The SMILES string of the molecule is CC(C)N1CCN(C)CC1.CCc1c2c(nc3ccc(OC=O)cc13)-c1cc3c(c(=O)n1C2)COC(=O)C3(O)CC. The molecule has 1 aromatic carbocycles. The molecule has 0 aliphatic carbocycles. The number of aromatic nitrogens is 2. The first-order valence-electron chi connectivity index (χ1n) is 14.3. The number of esters is 1. The number of nitrogens with zero attached hydrogens (tertiary/aromatic N) is 4. The van der Waals surface area contributed by atoms with Crippen LogP contribution in [0.4, 0.5) is 0 Å². The van der Waals surface area contributed by atoms with Gasteiger partial charge in [0.2, 0.25) is 0 Å². The third-order valence-corrected chi connectivity index (χ3v) is 8.58. The molecule has 218 valence electrons. The fourth-order valence-electron chi connectivity index (χ4n) is 6.01. The van der Waals surface area contributed by atoms with Gasteiger partial charge in [-0.2, -0.15) is 0 Å². The molecule has 5 heterocycles. The molecule has 0 bridgehead atoms. The minimum Gasteiger partial charge on any atom is -0.458 e. The van der Waals surface area contributed by atoms with Crippen LogP contribution in [0.25, 0.3) is 22.3 Å². The molecular weight excluding hydrogens is 524 g/mol. The lowest BCUT2D eigenvalue weighted by Crippen LogP contribution is -2.47. The van der Waals surface area contributed by atoms with Crippen LogP contribution in [0.1, 0.15) is 56.4 Å². The number of pyridine rings is 2. The molecular formula is C31H38N4O6. The number of hydrogen-bond donors (Lipinski definition) is 1. The van der Waals surface area contributed by atoms with E-state index >= 15 is 0 Å². The van der Waals surface area contributed by atoms with Gasteiger partial charge < -0.3 is 24.0 Å². The van der Waals surface area contributed by atoms with Gasteiger partial charge >= 0.3 is 5.97 Å². The van der Waals surface area contributed by atoms with Crippen molar-refractivity contribution in [3.63, 3.8) is 0 Å². The average Bonchev–Trinajstić information content (AvgIpc) is 3.33. The van der Waals surface area contributed by atoms with Gasteiger partial charge in [-0.05, 0) is 63.6 Å². The molecule has 0 saturated carbocycles. The lowest BCUT2D eigenvalue weighted by Gasteiger charge is -2.34. The van der Waals surface area contributed by atoms with Gasteiger partial charge in [-0.25, -0.2) is 9.78 Å². The second-order valence-electron chi connectivity index (χ2n) is 11.2. The Morgan fingerprint density at radius 1 is 1.12 bits per heavy atom. The highest BCUT2D eigenvalue weighted by Crippen LogP contribution is 2.40. The van der Waals surface area contributed by atoms with E-state index in [4.69, 9.17) is 14.5 Å². The number of piperazine rings is 1. The Bertz CT molecular complexity index is 1560. The molecule has 41 heavy (non-hydrogen) atoms. The predicted molar refractivity (Wildman–Crippen MR) is 155 cm³/mol. The predicted octanol–water partition coefficient (Wildman–Crippen LogP) is 2.82. The van der Waals surface area contributed by atoms with E-state index < -0.39 is 11.6 Å². The molecule has 10 nitrogen and oxygen atoms in total. The molecule has 1 N–H and O–H groups in total. The summed E-state index contributed by atoms with van der Waals surface area (Å²) in [7, 11) is 2.19. The lowest BCUT2D eigenvalue weighted by atomic mass is 9.86. The van der Waals surface area contributed by atoms with Crippen molar-refractivity contribution >= 4 is 23.3 Å². The summed E-state index contributed by atoms with van der Waals surface area (Å²) in [6, 6.07) is 7.64. The largest absolute Gasteiger partial charge is 0.458 e. The number of carbonyl (C=O) groups excluding carboxylic acids is 2. The summed E-state index contributed by atoms with van der Waals surface area (Å²) in [6.07, 6.45) is 0.786. The quantitative estimate of drug-likeness (QED) is 0.290. The van der Waals surface area contributed by atoms with Crippen LogP contribution in [0.3, 0.4) is 0 Å². The monoisotopic (exact) mass is 562 g/mol. The van der Waals surface area contributed by atoms with Crippen molar-refractivity contribution in [3.05, 3.63) is 56.9 Å². The number of carbonyl (C=O) groups is 2. The first kappa shape index (κ1) is 28.9. The zero-order valence-electron chi connectivity index (χ0n) is 24.4. The number of fused-ring (bicyclic) bond motifs is 5. The number of rotatable bonds is 5. The second kappa shape index (κ2) is 11.3. The van der Waals surface area contributed by atoms with Gasteiger partial charge in [0.1, 0.15) is 12.4 Å². The van der Waals surface area contributed by atoms with Crippen LogP contribution in [0.15, 0.2) is 29.1 Å². The molecule has 1 fully saturated rings. The number of likely N-dealkylation sites (N-methyl/N-ethyl adjacent to an activating group) is 1. The molecule has 3 aliphatic heterocycles. The number of ether oxygens (including phenoxy) is 2. The first-order valence-corrected chi connectivity index (χ1v) is 14.3. The molecule has 6 rings (SSSR count). The summed E-state index contributed by atoms with van der Waals surface area (Å²) >= 11 is 0. The topological polar surface area (TPSA) is 114 Å². The van der Waals surface area contributed by atoms with Gasteiger partial charge in [-0.15, -0.1) is 0 Å². The fraction of sp³-hybridized carbons (Fsp3) is 0.484. The fourth-order valence-corrected chi connectivity index (χ4v) is 6.01. The highest BCUT2D eigenvalue weighted by Gasteiger charge is 2.45. The van der Waals surface area contributed by atoms with E-state index in [-0.39, 0.29) is 18.6 Å². The van der Waals surface area contributed by atoms with Crippen molar-refractivity contribution in [1.29, 1.82) is 0 Å². The maximum Gasteiger partial charge on any atom is 0.343 e. The molecule has 10 heteroatoms. The zero-order valence-corrected chi connectivity index (χ0v) is 24.4. The summed E-state index contributed by atoms with van der Waals surface area (Å²) in [6.45, 7) is 13.7. The number of aliphatic hydroxyl groups is 1. The van der Waals surface area contributed by atoms with Crippen LogP contribution in [-0.4, -0.2) is 76.2 Å². The number of hydrogen-bond acceptors (Lipinski definition) is 9. The molecule has 0 radical (unpaired) electrons. The van der Waals surface area contributed by atoms with Crippen LogP contribution >= 0.6 is 0 Å². The summed E-state index contributed by atoms with van der Waals surface area (Å²) in [5.41, 5.74) is 2.31. The van der Waals surface area contributed by atoms with E-state index in [0.717, 1.165) is 22.6 Å². The third kappa shape index (κ3) is 5.05. The number of aryl methyl sites for hydroxylation is 1. The minimum atomic E-state index is -1.85. The van der Waals surface area contributed by atoms with Crippen molar-refractivity contribution in [1.82, 2.24) is 19.4 Å². The van der Waals surface area contributed by atoms with E-state index in [9.17, 15) is 19.5 Å².